The number of amides is 3. The standard InChI is InChI=1S/C25H32BrClFN3O3S/c1-4-6-7-8-16(5-2)24(33)31-20(17-11-18(27)13-19(28)12-17)14-29-23(32)15(3)30-25(34)21-9-10-22(26)35-21/h9-13,15-16,20H,4-8,14H2,1-3H3,(H,29,32)(H,30,34)(H,31,33). The van der Waals surface area contributed by atoms with Crippen LogP contribution in [0.2, 0.25) is 5.02 Å². The van der Waals surface area contributed by atoms with Crippen molar-refractivity contribution in [1.82, 2.24) is 16.0 Å². The molecule has 35 heavy (non-hydrogen) atoms. The van der Waals surface area contributed by atoms with Crippen molar-refractivity contribution in [3.8, 4) is 0 Å². The Balaban J connectivity index is 2.08. The van der Waals surface area contributed by atoms with E-state index in [9.17, 15) is 18.8 Å². The Bertz CT molecular complexity index is 999. The molecule has 0 saturated carbocycles. The SMILES string of the molecule is CCCCCC(CC)C(=O)NC(CNC(=O)C(C)NC(=O)c1ccc(Br)s1)c1cc(F)cc(Cl)c1. The molecule has 0 aliphatic heterocycles. The van der Waals surface area contributed by atoms with Crippen LogP contribution in [0.5, 0.6) is 0 Å². The number of carbonyl (C=O) groups is 3. The lowest BCUT2D eigenvalue weighted by Crippen LogP contribution is -2.47. The van der Waals surface area contributed by atoms with Crippen LogP contribution in [0.15, 0.2) is 34.1 Å². The molecule has 1 heterocycles. The Morgan fingerprint density at radius 2 is 1.83 bits per heavy atom. The second kappa shape index (κ2) is 14.6. The van der Waals surface area contributed by atoms with Crippen LogP contribution in [0.25, 0.3) is 0 Å². The van der Waals surface area contributed by atoms with Gasteiger partial charge in [0.1, 0.15) is 11.9 Å². The van der Waals surface area contributed by atoms with Gasteiger partial charge in [0.2, 0.25) is 11.8 Å². The Hall–Kier alpha value is -1.97. The van der Waals surface area contributed by atoms with Crippen LogP contribution < -0.4 is 16.0 Å². The van der Waals surface area contributed by atoms with Crippen LogP contribution in [0.1, 0.15) is 74.2 Å². The Labute approximate surface area is 223 Å². The zero-order valence-electron chi connectivity index (χ0n) is 20.1. The number of nitrogens with one attached hydrogen (secondary N) is 3. The third-order valence-corrected chi connectivity index (χ3v) is 7.48. The van der Waals surface area contributed by atoms with E-state index in [0.29, 0.717) is 16.9 Å². The van der Waals surface area contributed by atoms with Gasteiger partial charge in [0.25, 0.3) is 5.91 Å². The van der Waals surface area contributed by atoms with Crippen LogP contribution in [-0.4, -0.2) is 30.3 Å². The second-order valence-electron chi connectivity index (χ2n) is 8.41. The average molecular weight is 589 g/mol. The van der Waals surface area contributed by atoms with Crippen LogP contribution in [0.4, 0.5) is 4.39 Å². The first-order chi connectivity index (χ1) is 16.6. The van der Waals surface area contributed by atoms with E-state index in [4.69, 9.17) is 11.6 Å². The van der Waals surface area contributed by atoms with E-state index < -0.39 is 23.8 Å². The maximum Gasteiger partial charge on any atom is 0.262 e. The van der Waals surface area contributed by atoms with Crippen LogP contribution in [0.3, 0.4) is 0 Å². The smallest absolute Gasteiger partial charge is 0.262 e. The first kappa shape index (κ1) is 29.3. The molecule has 2 rings (SSSR count). The van der Waals surface area contributed by atoms with Crippen molar-refractivity contribution in [2.45, 2.75) is 65.0 Å². The molecule has 3 atom stereocenters. The minimum absolute atomic E-state index is 0.0144. The number of halogens is 3. The highest BCUT2D eigenvalue weighted by Gasteiger charge is 2.24. The average Bonchev–Trinajstić information content (AvgIpc) is 3.24. The number of rotatable bonds is 13. The summed E-state index contributed by atoms with van der Waals surface area (Å²) in [6, 6.07) is 5.97. The van der Waals surface area contributed by atoms with E-state index in [1.165, 1.54) is 23.5 Å². The van der Waals surface area contributed by atoms with Gasteiger partial charge in [-0.1, -0.05) is 44.7 Å². The monoisotopic (exact) mass is 587 g/mol. The molecule has 0 radical (unpaired) electrons. The molecule has 0 saturated heterocycles. The summed E-state index contributed by atoms with van der Waals surface area (Å²) in [4.78, 5) is 38.5. The van der Waals surface area contributed by atoms with Gasteiger partial charge in [-0.3, -0.25) is 14.4 Å². The summed E-state index contributed by atoms with van der Waals surface area (Å²) >= 11 is 10.6. The van der Waals surface area contributed by atoms with Crippen molar-refractivity contribution in [3.05, 3.63) is 55.4 Å². The topological polar surface area (TPSA) is 87.3 Å². The third-order valence-electron chi connectivity index (χ3n) is 5.64. The molecule has 0 fully saturated rings. The molecule has 2 aromatic rings. The first-order valence-corrected chi connectivity index (χ1v) is 13.7. The van der Waals surface area contributed by atoms with Gasteiger partial charge in [-0.05, 0) is 71.6 Å². The highest BCUT2D eigenvalue weighted by Crippen LogP contribution is 2.23. The normalized spacial score (nSPS) is 13.5. The second-order valence-corrected chi connectivity index (χ2v) is 11.3. The fourth-order valence-corrected chi connectivity index (χ4v) is 5.12. The zero-order valence-corrected chi connectivity index (χ0v) is 23.3. The minimum Gasteiger partial charge on any atom is -0.352 e. The molecule has 0 bridgehead atoms. The number of hydrogen-bond acceptors (Lipinski definition) is 4. The first-order valence-electron chi connectivity index (χ1n) is 11.7. The molecule has 192 valence electrons. The summed E-state index contributed by atoms with van der Waals surface area (Å²) in [6.45, 7) is 5.66. The summed E-state index contributed by atoms with van der Waals surface area (Å²) in [5, 5.41) is 8.57. The van der Waals surface area contributed by atoms with Crippen molar-refractivity contribution in [2.24, 2.45) is 5.92 Å². The predicted octanol–water partition coefficient (Wildman–Crippen LogP) is 6.00. The zero-order chi connectivity index (χ0) is 26.0. The van der Waals surface area contributed by atoms with E-state index >= 15 is 0 Å². The van der Waals surface area contributed by atoms with Crippen molar-refractivity contribution >= 4 is 56.6 Å². The van der Waals surface area contributed by atoms with Gasteiger partial charge in [-0.25, -0.2) is 4.39 Å². The number of hydrogen-bond donors (Lipinski definition) is 3. The molecule has 0 aliphatic carbocycles. The fraction of sp³-hybridized carbons (Fsp3) is 0.480. The summed E-state index contributed by atoms with van der Waals surface area (Å²) in [5.74, 6) is -1.63. The van der Waals surface area contributed by atoms with Crippen LogP contribution >= 0.6 is 38.9 Å². The molecule has 1 aromatic carbocycles. The number of unbranched alkanes of at least 4 members (excludes halogenated alkanes) is 2. The molecule has 0 aliphatic rings. The maximum absolute atomic E-state index is 14.1. The minimum atomic E-state index is -0.812. The van der Waals surface area contributed by atoms with Crippen LogP contribution in [0, 0.1) is 11.7 Å². The lowest BCUT2D eigenvalue weighted by Gasteiger charge is -2.24. The Morgan fingerprint density at radius 1 is 1.09 bits per heavy atom. The summed E-state index contributed by atoms with van der Waals surface area (Å²) in [5.41, 5.74) is 0.451. The van der Waals surface area contributed by atoms with Gasteiger partial charge in [-0.15, -0.1) is 11.3 Å². The largest absolute Gasteiger partial charge is 0.352 e. The van der Waals surface area contributed by atoms with Crippen molar-refractivity contribution in [1.29, 1.82) is 0 Å². The summed E-state index contributed by atoms with van der Waals surface area (Å²) in [6.07, 6.45) is 4.51. The quantitative estimate of drug-likeness (QED) is 0.251. The van der Waals surface area contributed by atoms with Gasteiger partial charge in [0, 0.05) is 17.5 Å². The summed E-state index contributed by atoms with van der Waals surface area (Å²) < 4.78 is 14.9. The van der Waals surface area contributed by atoms with Crippen LogP contribution in [-0.2, 0) is 9.59 Å². The maximum atomic E-state index is 14.1. The molecule has 3 N–H and O–H groups in total. The van der Waals surface area contributed by atoms with Crippen molar-refractivity contribution in [2.75, 3.05) is 6.54 Å². The van der Waals surface area contributed by atoms with Crippen molar-refractivity contribution < 1.29 is 18.8 Å². The number of benzene rings is 1. The molecule has 3 amide bonds. The van der Waals surface area contributed by atoms with Gasteiger partial charge in [0.15, 0.2) is 0 Å². The van der Waals surface area contributed by atoms with Crippen molar-refractivity contribution in [3.63, 3.8) is 0 Å². The Kier molecular flexibility index (Phi) is 12.2. The molecular weight excluding hydrogens is 557 g/mol. The Morgan fingerprint density at radius 3 is 2.43 bits per heavy atom. The molecular formula is C25H32BrClFN3O3S. The molecule has 3 unspecified atom stereocenters. The molecule has 10 heteroatoms. The van der Waals surface area contributed by atoms with E-state index in [2.05, 4.69) is 38.8 Å². The molecule has 1 aromatic heterocycles. The fourth-order valence-electron chi connectivity index (χ4n) is 3.60. The lowest BCUT2D eigenvalue weighted by atomic mass is 9.96. The van der Waals surface area contributed by atoms with Gasteiger partial charge in [-0.2, -0.15) is 0 Å². The number of thiophene rings is 1. The van der Waals surface area contributed by atoms with E-state index in [1.807, 2.05) is 6.92 Å². The van der Waals surface area contributed by atoms with Gasteiger partial charge < -0.3 is 16.0 Å². The summed E-state index contributed by atoms with van der Waals surface area (Å²) in [7, 11) is 0. The highest BCUT2D eigenvalue weighted by molar-refractivity contribution is 9.11. The molecule has 0 spiro atoms. The lowest BCUT2D eigenvalue weighted by molar-refractivity contribution is -0.127. The predicted molar refractivity (Wildman–Crippen MR) is 142 cm³/mol. The highest BCUT2D eigenvalue weighted by atomic mass is 79.9. The van der Waals surface area contributed by atoms with E-state index in [0.717, 1.165) is 29.5 Å². The van der Waals surface area contributed by atoms with Gasteiger partial charge >= 0.3 is 0 Å². The molecule has 6 nitrogen and oxygen atoms in total. The van der Waals surface area contributed by atoms with Gasteiger partial charge in [0.05, 0.1) is 14.7 Å². The number of carbonyl (C=O) groups excluding carboxylic acids is 3. The van der Waals surface area contributed by atoms with E-state index in [-0.39, 0.29) is 29.3 Å². The third kappa shape index (κ3) is 9.54. The van der Waals surface area contributed by atoms with E-state index in [1.54, 1.807) is 25.1 Å².